The highest BCUT2D eigenvalue weighted by molar-refractivity contribution is 14.1. The summed E-state index contributed by atoms with van der Waals surface area (Å²) in [5, 5.41) is 0.404. The fourth-order valence-corrected chi connectivity index (χ4v) is 5.96. The Morgan fingerprint density at radius 1 is 0.839 bits per heavy atom. The first-order valence-electron chi connectivity index (χ1n) is 8.77. The molecule has 3 aromatic rings. The molecule has 0 aliphatic carbocycles. The Hall–Kier alpha value is -2.02. The van der Waals surface area contributed by atoms with Crippen LogP contribution >= 0.6 is 34.2 Å². The standard InChI is InChI=1S/C20H18ClIN2O5S2/c1-13-3-4-14(21)11-19(13)24-30(25,26)16-7-5-15(6-8-16)23-31(27,28)17-9-10-20(29-2)18(22)12-17/h3-12,23-24H,1-2H3. The van der Waals surface area contributed by atoms with E-state index in [4.69, 9.17) is 16.3 Å². The van der Waals surface area contributed by atoms with E-state index < -0.39 is 20.0 Å². The molecule has 0 saturated carbocycles. The number of ether oxygens (including phenoxy) is 1. The summed E-state index contributed by atoms with van der Waals surface area (Å²) in [7, 11) is -6.24. The molecule has 0 unspecified atom stereocenters. The van der Waals surface area contributed by atoms with Crippen molar-refractivity contribution in [1.82, 2.24) is 0 Å². The number of hydrogen-bond acceptors (Lipinski definition) is 5. The molecule has 0 aliphatic rings. The zero-order valence-corrected chi connectivity index (χ0v) is 20.9. The van der Waals surface area contributed by atoms with E-state index in [0.717, 1.165) is 0 Å². The molecule has 31 heavy (non-hydrogen) atoms. The van der Waals surface area contributed by atoms with E-state index in [1.807, 2.05) is 22.6 Å². The number of aryl methyl sites for hydroxylation is 1. The summed E-state index contributed by atoms with van der Waals surface area (Å²) in [4.78, 5) is 0.0429. The van der Waals surface area contributed by atoms with Gasteiger partial charge in [-0.05, 0) is 89.7 Å². The van der Waals surface area contributed by atoms with Crippen molar-refractivity contribution < 1.29 is 21.6 Å². The van der Waals surface area contributed by atoms with Crippen molar-refractivity contribution in [3.8, 4) is 5.75 Å². The van der Waals surface area contributed by atoms with Gasteiger partial charge < -0.3 is 4.74 Å². The topological polar surface area (TPSA) is 102 Å². The van der Waals surface area contributed by atoms with Gasteiger partial charge >= 0.3 is 0 Å². The van der Waals surface area contributed by atoms with E-state index in [0.29, 0.717) is 25.6 Å². The summed E-state index contributed by atoms with van der Waals surface area (Å²) in [6.45, 7) is 1.76. The number of methoxy groups -OCH3 is 1. The van der Waals surface area contributed by atoms with Gasteiger partial charge in [0, 0.05) is 10.7 Å². The third-order valence-electron chi connectivity index (χ3n) is 4.29. The van der Waals surface area contributed by atoms with Crippen LogP contribution in [0.5, 0.6) is 5.75 Å². The monoisotopic (exact) mass is 592 g/mol. The smallest absolute Gasteiger partial charge is 0.261 e. The van der Waals surface area contributed by atoms with Gasteiger partial charge in [0.05, 0.1) is 26.2 Å². The number of halogens is 2. The lowest BCUT2D eigenvalue weighted by molar-refractivity contribution is 0.411. The Morgan fingerprint density at radius 2 is 1.45 bits per heavy atom. The molecule has 0 bridgehead atoms. The van der Waals surface area contributed by atoms with Crippen LogP contribution < -0.4 is 14.2 Å². The average molecular weight is 593 g/mol. The molecule has 2 N–H and O–H groups in total. The minimum absolute atomic E-state index is 0.0196. The summed E-state index contributed by atoms with van der Waals surface area (Å²) in [5.41, 5.74) is 1.31. The first kappa shape index (κ1) is 23.6. The zero-order valence-electron chi connectivity index (χ0n) is 16.4. The van der Waals surface area contributed by atoms with Crippen molar-refractivity contribution in [2.75, 3.05) is 16.6 Å². The van der Waals surface area contributed by atoms with Crippen LogP contribution in [-0.2, 0) is 20.0 Å². The van der Waals surface area contributed by atoms with Gasteiger partial charge in [-0.1, -0.05) is 17.7 Å². The van der Waals surface area contributed by atoms with Gasteiger partial charge in [0.25, 0.3) is 20.0 Å². The van der Waals surface area contributed by atoms with E-state index in [1.165, 1.54) is 49.6 Å². The van der Waals surface area contributed by atoms with Crippen molar-refractivity contribution in [2.45, 2.75) is 16.7 Å². The summed E-state index contributed by atoms with van der Waals surface area (Å²) in [5.74, 6) is 0.566. The molecular weight excluding hydrogens is 575 g/mol. The molecule has 0 heterocycles. The highest BCUT2D eigenvalue weighted by Crippen LogP contribution is 2.27. The summed E-state index contributed by atoms with van der Waals surface area (Å²) in [6.07, 6.45) is 0. The highest BCUT2D eigenvalue weighted by atomic mass is 127. The van der Waals surface area contributed by atoms with E-state index in [1.54, 1.807) is 25.1 Å². The SMILES string of the molecule is COc1ccc(S(=O)(=O)Nc2ccc(S(=O)(=O)Nc3cc(Cl)ccc3C)cc2)cc1I. The van der Waals surface area contributed by atoms with E-state index in [-0.39, 0.29) is 15.5 Å². The minimum atomic E-state index is -3.88. The highest BCUT2D eigenvalue weighted by Gasteiger charge is 2.18. The molecule has 0 saturated heterocycles. The van der Waals surface area contributed by atoms with Crippen LogP contribution in [0, 0.1) is 10.5 Å². The van der Waals surface area contributed by atoms with Gasteiger partial charge in [-0.3, -0.25) is 9.44 Å². The lowest BCUT2D eigenvalue weighted by Gasteiger charge is -2.12. The number of nitrogens with one attached hydrogen (secondary N) is 2. The summed E-state index contributed by atoms with van der Waals surface area (Å²) < 4.78 is 61.4. The number of anilines is 2. The lowest BCUT2D eigenvalue weighted by Crippen LogP contribution is -2.15. The number of benzene rings is 3. The second-order valence-electron chi connectivity index (χ2n) is 6.49. The first-order chi connectivity index (χ1) is 14.5. The van der Waals surface area contributed by atoms with Crippen LogP contribution in [0.2, 0.25) is 5.02 Å². The maximum Gasteiger partial charge on any atom is 0.261 e. The molecule has 3 aromatic carbocycles. The second-order valence-corrected chi connectivity index (χ2v) is 11.5. The molecule has 3 rings (SSSR count). The molecule has 0 amide bonds. The Kier molecular flexibility index (Phi) is 7.04. The molecule has 0 spiro atoms. The van der Waals surface area contributed by atoms with Gasteiger partial charge in [-0.2, -0.15) is 0 Å². The van der Waals surface area contributed by atoms with Crippen LogP contribution in [0.1, 0.15) is 5.56 Å². The molecule has 11 heteroatoms. The molecule has 7 nitrogen and oxygen atoms in total. The third-order valence-corrected chi connectivity index (χ3v) is 8.13. The Bertz CT molecular complexity index is 1330. The molecule has 0 fully saturated rings. The van der Waals surface area contributed by atoms with Crippen molar-refractivity contribution in [3.63, 3.8) is 0 Å². The number of sulfonamides is 2. The second kappa shape index (κ2) is 9.23. The zero-order chi connectivity index (χ0) is 22.8. The molecule has 0 radical (unpaired) electrons. The Labute approximate surface area is 200 Å². The van der Waals surface area contributed by atoms with Crippen LogP contribution in [0.4, 0.5) is 11.4 Å². The van der Waals surface area contributed by atoms with Crippen LogP contribution in [-0.4, -0.2) is 23.9 Å². The minimum Gasteiger partial charge on any atom is -0.496 e. The number of rotatable bonds is 7. The maximum absolute atomic E-state index is 12.7. The van der Waals surface area contributed by atoms with Gasteiger partial charge in [0.15, 0.2) is 0 Å². The Morgan fingerprint density at radius 3 is 2.06 bits per heavy atom. The maximum atomic E-state index is 12.7. The van der Waals surface area contributed by atoms with E-state index in [2.05, 4.69) is 9.44 Å². The van der Waals surface area contributed by atoms with Gasteiger partial charge in [-0.15, -0.1) is 0 Å². The summed E-state index contributed by atoms with van der Waals surface area (Å²) in [6, 6.07) is 14.8. The van der Waals surface area contributed by atoms with Gasteiger partial charge in [0.2, 0.25) is 0 Å². The van der Waals surface area contributed by atoms with Crippen molar-refractivity contribution in [3.05, 3.63) is 74.8 Å². The van der Waals surface area contributed by atoms with Crippen molar-refractivity contribution >= 4 is 65.6 Å². The van der Waals surface area contributed by atoms with Crippen LogP contribution in [0.25, 0.3) is 0 Å². The average Bonchev–Trinajstić information content (AvgIpc) is 2.70. The quantitative estimate of drug-likeness (QED) is 0.382. The van der Waals surface area contributed by atoms with Crippen LogP contribution in [0.3, 0.4) is 0 Å². The molecular formula is C20H18ClIN2O5S2. The molecule has 164 valence electrons. The normalized spacial score (nSPS) is 11.7. The molecule has 0 aromatic heterocycles. The third kappa shape index (κ3) is 5.62. The first-order valence-corrected chi connectivity index (χ1v) is 13.2. The molecule has 0 aliphatic heterocycles. The van der Waals surface area contributed by atoms with Crippen molar-refractivity contribution in [2.24, 2.45) is 0 Å². The van der Waals surface area contributed by atoms with Crippen molar-refractivity contribution in [1.29, 1.82) is 0 Å². The largest absolute Gasteiger partial charge is 0.496 e. The van der Waals surface area contributed by atoms with Gasteiger partial charge in [-0.25, -0.2) is 16.8 Å². The van der Waals surface area contributed by atoms with E-state index in [9.17, 15) is 16.8 Å². The lowest BCUT2D eigenvalue weighted by atomic mass is 10.2. The predicted molar refractivity (Wildman–Crippen MR) is 130 cm³/mol. The van der Waals surface area contributed by atoms with Gasteiger partial charge in [0.1, 0.15) is 5.75 Å². The molecule has 0 atom stereocenters. The fourth-order valence-electron chi connectivity index (χ4n) is 2.64. The number of hydrogen-bond donors (Lipinski definition) is 2. The summed E-state index contributed by atoms with van der Waals surface area (Å²) >= 11 is 7.93. The Balaban J connectivity index is 1.81. The fraction of sp³-hybridized carbons (Fsp3) is 0.100. The van der Waals surface area contributed by atoms with Crippen LogP contribution in [0.15, 0.2) is 70.5 Å². The predicted octanol–water partition coefficient (Wildman–Crippen LogP) is 4.86. The van der Waals surface area contributed by atoms with E-state index >= 15 is 0 Å².